The summed E-state index contributed by atoms with van der Waals surface area (Å²) >= 11 is 0. The Morgan fingerprint density at radius 2 is 2.30 bits per heavy atom. The maximum atomic E-state index is 11.9. The number of carbonyl (C=O) groups is 1. The Kier molecular flexibility index (Phi) is 5.20. The summed E-state index contributed by atoms with van der Waals surface area (Å²) in [4.78, 5) is 11.9. The first-order chi connectivity index (χ1) is 9.69. The molecule has 1 atom stereocenters. The van der Waals surface area contributed by atoms with Crippen LogP contribution >= 0.6 is 0 Å². The number of carbonyl (C=O) groups excluding carboxylic acids is 1. The lowest BCUT2D eigenvalue weighted by atomic mass is 9.83. The second-order valence-corrected chi connectivity index (χ2v) is 5.38. The van der Waals surface area contributed by atoms with Crippen LogP contribution in [-0.2, 0) is 4.79 Å². The van der Waals surface area contributed by atoms with Gasteiger partial charge in [0.1, 0.15) is 6.61 Å². The highest BCUT2D eigenvalue weighted by Crippen LogP contribution is 2.29. The van der Waals surface area contributed by atoms with E-state index in [1.807, 2.05) is 31.2 Å². The molecule has 1 unspecified atom stereocenters. The second-order valence-electron chi connectivity index (χ2n) is 5.38. The molecule has 0 aliphatic heterocycles. The second kappa shape index (κ2) is 7.12. The SMILES string of the molecule is CC(NC(=O)CC1CCC1)c1cccc(C#CCO)c1. The highest BCUT2D eigenvalue weighted by molar-refractivity contribution is 5.76. The Morgan fingerprint density at radius 3 is 2.95 bits per heavy atom. The molecule has 0 heterocycles. The topological polar surface area (TPSA) is 49.3 Å². The van der Waals surface area contributed by atoms with Gasteiger partial charge in [0.2, 0.25) is 5.91 Å². The van der Waals surface area contributed by atoms with Gasteiger partial charge < -0.3 is 10.4 Å². The van der Waals surface area contributed by atoms with Crippen LogP contribution in [-0.4, -0.2) is 17.6 Å². The summed E-state index contributed by atoms with van der Waals surface area (Å²) in [6.45, 7) is 1.84. The van der Waals surface area contributed by atoms with Crippen molar-refractivity contribution >= 4 is 5.91 Å². The van der Waals surface area contributed by atoms with Crippen LogP contribution in [0.2, 0.25) is 0 Å². The number of nitrogens with one attached hydrogen (secondary N) is 1. The zero-order valence-corrected chi connectivity index (χ0v) is 11.9. The predicted molar refractivity (Wildman–Crippen MR) is 78.9 cm³/mol. The first kappa shape index (κ1) is 14.6. The van der Waals surface area contributed by atoms with Gasteiger partial charge in [0.05, 0.1) is 6.04 Å². The van der Waals surface area contributed by atoms with E-state index in [2.05, 4.69) is 17.2 Å². The van der Waals surface area contributed by atoms with Crippen LogP contribution in [0.5, 0.6) is 0 Å². The molecule has 3 heteroatoms. The highest BCUT2D eigenvalue weighted by atomic mass is 16.2. The van der Waals surface area contributed by atoms with E-state index < -0.39 is 0 Å². The van der Waals surface area contributed by atoms with E-state index in [1.54, 1.807) is 0 Å². The first-order valence-corrected chi connectivity index (χ1v) is 7.18. The van der Waals surface area contributed by atoms with Crippen LogP contribution < -0.4 is 5.32 Å². The van der Waals surface area contributed by atoms with Gasteiger partial charge in [-0.25, -0.2) is 0 Å². The number of hydrogen-bond acceptors (Lipinski definition) is 2. The third-order valence-corrected chi connectivity index (χ3v) is 3.77. The van der Waals surface area contributed by atoms with Crippen LogP contribution in [0.1, 0.15) is 49.8 Å². The Balaban J connectivity index is 1.93. The van der Waals surface area contributed by atoms with Crippen molar-refractivity contribution in [2.24, 2.45) is 5.92 Å². The van der Waals surface area contributed by atoms with Gasteiger partial charge in [-0.3, -0.25) is 4.79 Å². The van der Waals surface area contributed by atoms with Crippen molar-refractivity contribution in [3.63, 3.8) is 0 Å². The molecular formula is C17H21NO2. The maximum Gasteiger partial charge on any atom is 0.220 e. The van der Waals surface area contributed by atoms with Crippen molar-refractivity contribution in [1.29, 1.82) is 0 Å². The van der Waals surface area contributed by atoms with E-state index in [-0.39, 0.29) is 18.6 Å². The fourth-order valence-electron chi connectivity index (χ4n) is 2.37. The molecule has 0 bridgehead atoms. The zero-order chi connectivity index (χ0) is 14.4. The van der Waals surface area contributed by atoms with Gasteiger partial charge in [-0.1, -0.05) is 30.4 Å². The molecule has 1 amide bonds. The number of rotatable bonds is 4. The zero-order valence-electron chi connectivity index (χ0n) is 11.9. The van der Waals surface area contributed by atoms with Crippen molar-refractivity contribution in [2.75, 3.05) is 6.61 Å². The minimum absolute atomic E-state index is 0.0153. The molecular weight excluding hydrogens is 250 g/mol. The first-order valence-electron chi connectivity index (χ1n) is 7.18. The molecule has 2 N–H and O–H groups in total. The van der Waals surface area contributed by atoms with Crippen LogP contribution in [0.3, 0.4) is 0 Å². The summed E-state index contributed by atoms with van der Waals surface area (Å²) in [7, 11) is 0. The number of amides is 1. The Morgan fingerprint density at radius 1 is 1.50 bits per heavy atom. The monoisotopic (exact) mass is 271 g/mol. The third-order valence-electron chi connectivity index (χ3n) is 3.77. The lowest BCUT2D eigenvalue weighted by Gasteiger charge is -2.25. The lowest BCUT2D eigenvalue weighted by Crippen LogP contribution is -2.30. The molecule has 1 aromatic rings. The molecule has 0 aromatic heterocycles. The van der Waals surface area contributed by atoms with Crippen LogP contribution in [0.15, 0.2) is 24.3 Å². The Bertz CT molecular complexity index is 523. The molecule has 1 aliphatic carbocycles. The maximum absolute atomic E-state index is 11.9. The van der Waals surface area contributed by atoms with Gasteiger partial charge in [-0.05, 0) is 43.4 Å². The van der Waals surface area contributed by atoms with Gasteiger partial charge in [0.25, 0.3) is 0 Å². The summed E-state index contributed by atoms with van der Waals surface area (Å²) in [6.07, 6.45) is 4.29. The van der Waals surface area contributed by atoms with Gasteiger partial charge in [-0.15, -0.1) is 0 Å². The molecule has 2 rings (SSSR count). The van der Waals surface area contributed by atoms with Crippen LogP contribution in [0, 0.1) is 17.8 Å². The molecule has 3 nitrogen and oxygen atoms in total. The Hall–Kier alpha value is -1.79. The van der Waals surface area contributed by atoms with Gasteiger partial charge in [-0.2, -0.15) is 0 Å². The van der Waals surface area contributed by atoms with Crippen LogP contribution in [0.4, 0.5) is 0 Å². The number of benzene rings is 1. The molecule has 1 saturated carbocycles. The highest BCUT2D eigenvalue weighted by Gasteiger charge is 2.21. The number of aliphatic hydroxyl groups is 1. The fraction of sp³-hybridized carbons (Fsp3) is 0.471. The average molecular weight is 271 g/mol. The lowest BCUT2D eigenvalue weighted by molar-refractivity contribution is -0.123. The van der Waals surface area contributed by atoms with E-state index in [9.17, 15) is 4.79 Å². The Labute approximate surface area is 120 Å². The van der Waals surface area contributed by atoms with E-state index in [1.165, 1.54) is 19.3 Å². The van der Waals surface area contributed by atoms with Crippen LogP contribution in [0.25, 0.3) is 0 Å². The smallest absolute Gasteiger partial charge is 0.220 e. The van der Waals surface area contributed by atoms with Crippen molar-refractivity contribution < 1.29 is 9.90 Å². The minimum Gasteiger partial charge on any atom is -0.384 e. The third kappa shape index (κ3) is 4.11. The summed E-state index contributed by atoms with van der Waals surface area (Å²) in [5.74, 6) is 6.23. The summed E-state index contributed by atoms with van der Waals surface area (Å²) < 4.78 is 0. The van der Waals surface area contributed by atoms with Crippen molar-refractivity contribution in [3.8, 4) is 11.8 Å². The summed E-state index contributed by atoms with van der Waals surface area (Å²) in [6, 6.07) is 7.74. The van der Waals surface area contributed by atoms with Crippen molar-refractivity contribution in [2.45, 2.75) is 38.6 Å². The fourth-order valence-corrected chi connectivity index (χ4v) is 2.37. The molecule has 1 aliphatic rings. The van der Waals surface area contributed by atoms with Gasteiger partial charge in [0, 0.05) is 12.0 Å². The largest absolute Gasteiger partial charge is 0.384 e. The van der Waals surface area contributed by atoms with Crippen molar-refractivity contribution in [1.82, 2.24) is 5.32 Å². The normalized spacial score (nSPS) is 15.7. The molecule has 1 aromatic carbocycles. The molecule has 0 radical (unpaired) electrons. The quantitative estimate of drug-likeness (QED) is 0.826. The molecule has 0 spiro atoms. The minimum atomic E-state index is -0.141. The predicted octanol–water partition coefficient (Wildman–Crippen LogP) is 2.40. The standard InChI is InChI=1S/C17H21NO2/c1-13(18-17(20)12-15-5-2-6-15)16-9-3-7-14(11-16)8-4-10-19/h3,7,9,11,13,15,19H,2,5-6,10,12H2,1H3,(H,18,20). The van der Waals surface area contributed by atoms with Gasteiger partial charge in [0.15, 0.2) is 0 Å². The average Bonchev–Trinajstić information content (AvgIpc) is 2.41. The summed E-state index contributed by atoms with van der Waals surface area (Å²) in [5, 5.41) is 11.7. The van der Waals surface area contributed by atoms with E-state index >= 15 is 0 Å². The summed E-state index contributed by atoms with van der Waals surface area (Å²) in [5.41, 5.74) is 1.90. The molecule has 0 saturated heterocycles. The van der Waals surface area contributed by atoms with E-state index in [0.29, 0.717) is 12.3 Å². The number of aliphatic hydroxyl groups excluding tert-OH is 1. The molecule has 20 heavy (non-hydrogen) atoms. The molecule has 1 fully saturated rings. The van der Waals surface area contributed by atoms with Gasteiger partial charge >= 0.3 is 0 Å². The number of hydrogen-bond donors (Lipinski definition) is 2. The van der Waals surface area contributed by atoms with Crippen molar-refractivity contribution in [3.05, 3.63) is 35.4 Å². The van der Waals surface area contributed by atoms with E-state index in [4.69, 9.17) is 5.11 Å². The van der Waals surface area contributed by atoms with E-state index in [0.717, 1.165) is 11.1 Å². The molecule has 106 valence electrons.